The van der Waals surface area contributed by atoms with E-state index in [0.29, 0.717) is 10.7 Å². The van der Waals surface area contributed by atoms with Crippen molar-refractivity contribution in [3.05, 3.63) is 47.7 Å². The minimum Gasteiger partial charge on any atom is -0.298 e. The van der Waals surface area contributed by atoms with Gasteiger partial charge in [0.25, 0.3) is 5.91 Å². The number of fused-ring (bicyclic) bond motifs is 3. The molecular weight excluding hydrogens is 304 g/mol. The molecule has 0 spiro atoms. The Bertz CT molecular complexity index is 945. The van der Waals surface area contributed by atoms with E-state index in [4.69, 9.17) is 0 Å². The Labute approximate surface area is 127 Å². The highest BCUT2D eigenvalue weighted by molar-refractivity contribution is 7.28. The van der Waals surface area contributed by atoms with E-state index < -0.39 is 0 Å². The molecule has 102 valence electrons. The van der Waals surface area contributed by atoms with E-state index in [1.165, 1.54) is 11.3 Å². The highest BCUT2D eigenvalue weighted by Crippen LogP contribution is 2.34. The largest absolute Gasteiger partial charge is 0.298 e. The van der Waals surface area contributed by atoms with E-state index in [1.54, 1.807) is 35.9 Å². The maximum atomic E-state index is 12.1. The lowest BCUT2D eigenvalue weighted by atomic mass is 10.2. The van der Waals surface area contributed by atoms with Crippen molar-refractivity contribution in [2.24, 2.45) is 0 Å². The fourth-order valence-electron chi connectivity index (χ4n) is 2.03. The Morgan fingerprint density at radius 2 is 1.86 bits per heavy atom. The maximum absolute atomic E-state index is 12.1. The fourth-order valence-corrected chi connectivity index (χ4v) is 3.93. The van der Waals surface area contributed by atoms with Gasteiger partial charge in [-0.15, -0.1) is 11.3 Å². The molecule has 0 unspecified atom stereocenters. The number of nitrogens with one attached hydrogen (secondary N) is 1. The monoisotopic (exact) mass is 312 g/mol. The number of nitrogens with zero attached hydrogens (tertiary/aromatic N) is 3. The molecule has 0 atom stereocenters. The second kappa shape index (κ2) is 4.87. The molecule has 5 nitrogen and oxygen atoms in total. The van der Waals surface area contributed by atoms with Crippen LogP contribution in [-0.2, 0) is 0 Å². The van der Waals surface area contributed by atoms with Crippen molar-refractivity contribution in [1.29, 1.82) is 0 Å². The Morgan fingerprint density at radius 1 is 1.05 bits per heavy atom. The predicted molar refractivity (Wildman–Crippen MR) is 85.0 cm³/mol. The molecular formula is C14H8N4OS2. The number of aromatic nitrogens is 3. The summed E-state index contributed by atoms with van der Waals surface area (Å²) in [5.41, 5.74) is 4.22. The van der Waals surface area contributed by atoms with Gasteiger partial charge < -0.3 is 0 Å². The fraction of sp³-hybridized carbons (Fsp3) is 0. The first-order valence-electron chi connectivity index (χ1n) is 6.15. The molecule has 0 saturated carbocycles. The first-order chi connectivity index (χ1) is 10.3. The van der Waals surface area contributed by atoms with Crippen molar-refractivity contribution in [3.8, 4) is 0 Å². The van der Waals surface area contributed by atoms with Gasteiger partial charge in [0.2, 0.25) is 0 Å². The van der Waals surface area contributed by atoms with Crippen LogP contribution in [-0.4, -0.2) is 20.9 Å². The summed E-state index contributed by atoms with van der Waals surface area (Å²) in [7, 11) is 0. The highest BCUT2D eigenvalue weighted by Gasteiger charge is 2.12. The number of hydrogen-bond acceptors (Lipinski definition) is 6. The number of thiazole rings is 2. The number of anilines is 1. The molecule has 7 heteroatoms. The van der Waals surface area contributed by atoms with E-state index in [1.807, 2.05) is 17.6 Å². The van der Waals surface area contributed by atoms with Crippen molar-refractivity contribution in [3.63, 3.8) is 0 Å². The number of pyridine rings is 1. The molecule has 0 aliphatic rings. The van der Waals surface area contributed by atoms with E-state index in [-0.39, 0.29) is 5.91 Å². The molecule has 0 bridgehead atoms. The van der Waals surface area contributed by atoms with Crippen LogP contribution in [0.15, 0.2) is 42.2 Å². The van der Waals surface area contributed by atoms with E-state index >= 15 is 0 Å². The summed E-state index contributed by atoms with van der Waals surface area (Å²) in [6, 6.07) is 7.21. The van der Waals surface area contributed by atoms with E-state index in [0.717, 1.165) is 20.4 Å². The van der Waals surface area contributed by atoms with Crippen LogP contribution < -0.4 is 5.32 Å². The van der Waals surface area contributed by atoms with Crippen LogP contribution in [0.5, 0.6) is 0 Å². The topological polar surface area (TPSA) is 67.8 Å². The lowest BCUT2D eigenvalue weighted by Crippen LogP contribution is -2.11. The summed E-state index contributed by atoms with van der Waals surface area (Å²) in [5.74, 6) is -0.183. The minimum absolute atomic E-state index is 0.183. The smallest absolute Gasteiger partial charge is 0.257 e. The lowest BCUT2D eigenvalue weighted by molar-refractivity contribution is 0.102. The van der Waals surface area contributed by atoms with Crippen molar-refractivity contribution in [1.82, 2.24) is 15.0 Å². The van der Waals surface area contributed by atoms with Crippen molar-refractivity contribution < 1.29 is 4.79 Å². The van der Waals surface area contributed by atoms with Gasteiger partial charge in [-0.1, -0.05) is 11.3 Å². The van der Waals surface area contributed by atoms with Crippen LogP contribution in [0.1, 0.15) is 10.4 Å². The molecule has 4 aromatic rings. The number of carbonyl (C=O) groups is 1. The highest BCUT2D eigenvalue weighted by atomic mass is 32.1. The van der Waals surface area contributed by atoms with Gasteiger partial charge in [0.15, 0.2) is 5.13 Å². The molecule has 21 heavy (non-hydrogen) atoms. The number of rotatable bonds is 2. The molecule has 0 radical (unpaired) electrons. The number of hydrogen-bond donors (Lipinski definition) is 1. The summed E-state index contributed by atoms with van der Waals surface area (Å²) in [4.78, 5) is 24.8. The van der Waals surface area contributed by atoms with Gasteiger partial charge in [-0.25, -0.2) is 9.97 Å². The van der Waals surface area contributed by atoms with Gasteiger partial charge in [0.1, 0.15) is 0 Å². The quantitative estimate of drug-likeness (QED) is 0.614. The third kappa shape index (κ3) is 2.16. The minimum atomic E-state index is -0.183. The maximum Gasteiger partial charge on any atom is 0.257 e. The van der Waals surface area contributed by atoms with Gasteiger partial charge in [0.05, 0.1) is 25.9 Å². The molecule has 4 rings (SSSR count). The molecule has 0 aliphatic carbocycles. The van der Waals surface area contributed by atoms with Crippen LogP contribution in [0.25, 0.3) is 20.4 Å². The predicted octanol–water partition coefficient (Wildman–Crippen LogP) is 3.55. The average Bonchev–Trinajstić information content (AvgIpc) is 3.12. The number of amides is 1. The zero-order valence-electron chi connectivity index (χ0n) is 10.6. The molecule has 1 aromatic carbocycles. The molecule has 0 aliphatic heterocycles. The lowest BCUT2D eigenvalue weighted by Gasteiger charge is -1.99. The Kier molecular flexibility index (Phi) is 2.87. The van der Waals surface area contributed by atoms with Gasteiger partial charge in [-0.2, -0.15) is 0 Å². The summed E-state index contributed by atoms with van der Waals surface area (Å²) >= 11 is 3.05. The SMILES string of the molecule is O=C(Nc1nc2ccc3ncsc3c2s1)c1ccncc1. The van der Waals surface area contributed by atoms with E-state index in [9.17, 15) is 4.79 Å². The van der Waals surface area contributed by atoms with Gasteiger partial charge in [-0.05, 0) is 24.3 Å². The summed E-state index contributed by atoms with van der Waals surface area (Å²) in [6.07, 6.45) is 3.18. The van der Waals surface area contributed by atoms with Crippen LogP contribution in [0.2, 0.25) is 0 Å². The van der Waals surface area contributed by atoms with Crippen LogP contribution in [0.4, 0.5) is 5.13 Å². The summed E-state index contributed by atoms with van der Waals surface area (Å²) in [5, 5.41) is 3.42. The molecule has 1 N–H and O–H groups in total. The standard InChI is InChI=1S/C14H8N4OS2/c19-13(8-3-5-15-6-4-8)18-14-17-10-2-1-9-11(12(10)21-14)20-7-16-9/h1-7H,(H,17,18,19). The second-order valence-electron chi connectivity index (χ2n) is 4.32. The zero-order valence-corrected chi connectivity index (χ0v) is 12.2. The molecule has 1 amide bonds. The van der Waals surface area contributed by atoms with Crippen LogP contribution >= 0.6 is 22.7 Å². The van der Waals surface area contributed by atoms with E-state index in [2.05, 4.69) is 20.3 Å². The molecule has 3 aromatic heterocycles. The Balaban J connectivity index is 1.72. The Morgan fingerprint density at radius 3 is 2.71 bits per heavy atom. The summed E-state index contributed by atoms with van der Waals surface area (Å²) in [6.45, 7) is 0. The average molecular weight is 312 g/mol. The Hall–Kier alpha value is -2.38. The van der Waals surface area contributed by atoms with Gasteiger partial charge in [-0.3, -0.25) is 15.1 Å². The van der Waals surface area contributed by atoms with Gasteiger partial charge >= 0.3 is 0 Å². The molecule has 3 heterocycles. The third-order valence-corrected chi connectivity index (χ3v) is 5.01. The normalized spacial score (nSPS) is 11.0. The molecule has 0 saturated heterocycles. The second-order valence-corrected chi connectivity index (χ2v) is 6.18. The number of benzene rings is 1. The van der Waals surface area contributed by atoms with Crippen molar-refractivity contribution in [2.45, 2.75) is 0 Å². The first-order valence-corrected chi connectivity index (χ1v) is 7.85. The van der Waals surface area contributed by atoms with Gasteiger partial charge in [0, 0.05) is 18.0 Å². The van der Waals surface area contributed by atoms with Crippen molar-refractivity contribution in [2.75, 3.05) is 5.32 Å². The zero-order chi connectivity index (χ0) is 14.2. The summed E-state index contributed by atoms with van der Waals surface area (Å²) < 4.78 is 2.16. The third-order valence-electron chi connectivity index (χ3n) is 3.02. The van der Waals surface area contributed by atoms with Crippen molar-refractivity contribution >= 4 is 54.1 Å². The number of carbonyl (C=O) groups excluding carboxylic acids is 1. The van der Waals surface area contributed by atoms with Crippen LogP contribution in [0, 0.1) is 0 Å². The van der Waals surface area contributed by atoms with Crippen LogP contribution in [0.3, 0.4) is 0 Å². The molecule has 0 fully saturated rings. The first kappa shape index (κ1) is 12.4.